The van der Waals surface area contributed by atoms with Crippen LogP contribution < -0.4 is 4.90 Å². The van der Waals surface area contributed by atoms with E-state index in [4.69, 9.17) is 10.5 Å². The number of esters is 1. The molecule has 1 heterocycles. The van der Waals surface area contributed by atoms with Crippen molar-refractivity contribution < 1.29 is 14.3 Å². The van der Waals surface area contributed by atoms with E-state index in [0.29, 0.717) is 29.0 Å². The molecule has 0 saturated heterocycles. The van der Waals surface area contributed by atoms with Gasteiger partial charge in [-0.2, -0.15) is 10.5 Å². The van der Waals surface area contributed by atoms with Crippen LogP contribution in [-0.2, 0) is 16.1 Å². The number of ether oxygens (including phenoxy) is 1. The van der Waals surface area contributed by atoms with Gasteiger partial charge in [-0.25, -0.2) is 14.8 Å². The average molecular weight is 335 g/mol. The summed E-state index contributed by atoms with van der Waals surface area (Å²) in [5, 5.41) is 18.0. The lowest BCUT2D eigenvalue weighted by Gasteiger charge is -2.18. The highest BCUT2D eigenvalue weighted by Gasteiger charge is 2.15. The van der Waals surface area contributed by atoms with Crippen molar-refractivity contribution in [2.45, 2.75) is 13.5 Å². The molecule has 0 N–H and O–H groups in total. The Balaban J connectivity index is 2.32. The minimum Gasteiger partial charge on any atom is -0.465 e. The fourth-order valence-electron chi connectivity index (χ4n) is 2.12. The van der Waals surface area contributed by atoms with Gasteiger partial charge in [0, 0.05) is 5.69 Å². The lowest BCUT2D eigenvalue weighted by Crippen LogP contribution is -2.22. The SMILES string of the molecule is COC(=O)c1ccc(N(C=O)Cc2nc(C#N)c(C#N)nc2C)cc1. The summed E-state index contributed by atoms with van der Waals surface area (Å²) in [5.41, 5.74) is 1.61. The van der Waals surface area contributed by atoms with Gasteiger partial charge in [-0.1, -0.05) is 0 Å². The third kappa shape index (κ3) is 3.77. The Bertz CT molecular complexity index is 894. The van der Waals surface area contributed by atoms with E-state index < -0.39 is 5.97 Å². The van der Waals surface area contributed by atoms with Gasteiger partial charge in [0.05, 0.1) is 30.6 Å². The van der Waals surface area contributed by atoms with E-state index in [0.717, 1.165) is 0 Å². The predicted octanol–water partition coefficient (Wildman–Crippen LogP) is 1.48. The molecule has 1 amide bonds. The highest BCUT2D eigenvalue weighted by atomic mass is 16.5. The first-order chi connectivity index (χ1) is 12.0. The second kappa shape index (κ2) is 7.66. The van der Waals surface area contributed by atoms with Crippen molar-refractivity contribution in [2.75, 3.05) is 12.0 Å². The van der Waals surface area contributed by atoms with Crippen LogP contribution in [0.2, 0.25) is 0 Å². The number of benzene rings is 1. The number of aromatic nitrogens is 2. The summed E-state index contributed by atoms with van der Waals surface area (Å²) in [6.07, 6.45) is 0.610. The summed E-state index contributed by atoms with van der Waals surface area (Å²) in [4.78, 5) is 32.4. The van der Waals surface area contributed by atoms with Gasteiger partial charge in [0.15, 0.2) is 11.4 Å². The molecule has 0 bridgehead atoms. The minimum atomic E-state index is -0.475. The lowest BCUT2D eigenvalue weighted by molar-refractivity contribution is -0.107. The summed E-state index contributed by atoms with van der Waals surface area (Å²) >= 11 is 0. The van der Waals surface area contributed by atoms with Crippen LogP contribution in [0.3, 0.4) is 0 Å². The smallest absolute Gasteiger partial charge is 0.337 e. The molecule has 2 aromatic rings. The number of nitriles is 2. The van der Waals surface area contributed by atoms with E-state index in [1.165, 1.54) is 24.1 Å². The van der Waals surface area contributed by atoms with Crippen LogP contribution in [0, 0.1) is 29.6 Å². The van der Waals surface area contributed by atoms with Crippen molar-refractivity contribution in [3.8, 4) is 12.1 Å². The Morgan fingerprint density at radius 3 is 2.32 bits per heavy atom. The summed E-state index contributed by atoms with van der Waals surface area (Å²) in [6.45, 7) is 1.72. The molecule has 0 fully saturated rings. The fraction of sp³-hybridized carbons (Fsp3) is 0.176. The van der Waals surface area contributed by atoms with Crippen molar-refractivity contribution in [1.29, 1.82) is 10.5 Å². The average Bonchev–Trinajstić information content (AvgIpc) is 2.66. The maximum atomic E-state index is 11.5. The summed E-state index contributed by atoms with van der Waals surface area (Å²) in [5.74, 6) is -0.475. The predicted molar refractivity (Wildman–Crippen MR) is 86.2 cm³/mol. The summed E-state index contributed by atoms with van der Waals surface area (Å²) in [7, 11) is 1.28. The molecular formula is C17H13N5O3. The van der Waals surface area contributed by atoms with Gasteiger partial charge < -0.3 is 9.64 Å². The van der Waals surface area contributed by atoms with Crippen LogP contribution in [-0.4, -0.2) is 29.5 Å². The maximum Gasteiger partial charge on any atom is 0.337 e. The number of rotatable bonds is 5. The van der Waals surface area contributed by atoms with E-state index in [-0.39, 0.29) is 17.9 Å². The molecule has 124 valence electrons. The van der Waals surface area contributed by atoms with E-state index in [1.54, 1.807) is 19.1 Å². The highest BCUT2D eigenvalue weighted by Crippen LogP contribution is 2.18. The summed E-state index contributed by atoms with van der Waals surface area (Å²) < 4.78 is 4.62. The Hall–Kier alpha value is -3.78. The largest absolute Gasteiger partial charge is 0.465 e. The topological polar surface area (TPSA) is 120 Å². The number of aryl methyl sites for hydroxylation is 1. The summed E-state index contributed by atoms with van der Waals surface area (Å²) in [6, 6.07) is 9.90. The molecular weight excluding hydrogens is 322 g/mol. The number of carbonyl (C=O) groups is 2. The first-order valence-electron chi connectivity index (χ1n) is 7.12. The number of anilines is 1. The third-order valence-corrected chi connectivity index (χ3v) is 3.45. The Morgan fingerprint density at radius 2 is 1.80 bits per heavy atom. The van der Waals surface area contributed by atoms with Gasteiger partial charge in [-0.3, -0.25) is 4.79 Å². The first-order valence-corrected chi connectivity index (χ1v) is 7.12. The second-order valence-electron chi connectivity index (χ2n) is 4.95. The number of nitrogens with zero attached hydrogens (tertiary/aromatic N) is 5. The Kier molecular flexibility index (Phi) is 5.39. The molecule has 0 spiro atoms. The van der Waals surface area contributed by atoms with Crippen LogP contribution in [0.1, 0.15) is 33.1 Å². The van der Waals surface area contributed by atoms with Gasteiger partial charge in [0.25, 0.3) is 0 Å². The van der Waals surface area contributed by atoms with Gasteiger partial charge in [0.2, 0.25) is 6.41 Å². The number of hydrogen-bond acceptors (Lipinski definition) is 7. The number of methoxy groups -OCH3 is 1. The number of hydrogen-bond donors (Lipinski definition) is 0. The van der Waals surface area contributed by atoms with Gasteiger partial charge >= 0.3 is 5.97 Å². The molecule has 25 heavy (non-hydrogen) atoms. The van der Waals surface area contributed by atoms with Crippen LogP contribution in [0.4, 0.5) is 5.69 Å². The van der Waals surface area contributed by atoms with Crippen LogP contribution in [0.15, 0.2) is 24.3 Å². The zero-order valence-electron chi connectivity index (χ0n) is 13.6. The number of carbonyl (C=O) groups excluding carboxylic acids is 2. The molecule has 1 aromatic heterocycles. The molecule has 0 unspecified atom stereocenters. The molecule has 0 aliphatic rings. The van der Waals surface area contributed by atoms with Crippen molar-refractivity contribution in [1.82, 2.24) is 9.97 Å². The molecule has 0 saturated carbocycles. The molecule has 0 aliphatic heterocycles. The monoisotopic (exact) mass is 335 g/mol. The van der Waals surface area contributed by atoms with E-state index >= 15 is 0 Å². The highest BCUT2D eigenvalue weighted by molar-refractivity contribution is 5.90. The van der Waals surface area contributed by atoms with Gasteiger partial charge in [-0.15, -0.1) is 0 Å². The molecule has 0 atom stereocenters. The van der Waals surface area contributed by atoms with Gasteiger partial charge in [0.1, 0.15) is 12.1 Å². The molecule has 0 aliphatic carbocycles. The minimum absolute atomic E-state index is 0.0520. The normalized spacial score (nSPS) is 9.60. The second-order valence-corrected chi connectivity index (χ2v) is 4.95. The van der Waals surface area contributed by atoms with Crippen molar-refractivity contribution in [2.24, 2.45) is 0 Å². The quantitative estimate of drug-likeness (QED) is 0.599. The molecule has 8 nitrogen and oxygen atoms in total. The third-order valence-electron chi connectivity index (χ3n) is 3.45. The van der Waals surface area contributed by atoms with Crippen molar-refractivity contribution in [3.05, 3.63) is 52.6 Å². The van der Waals surface area contributed by atoms with Gasteiger partial charge in [-0.05, 0) is 31.2 Å². The van der Waals surface area contributed by atoms with E-state index in [1.807, 2.05) is 12.1 Å². The lowest BCUT2D eigenvalue weighted by atomic mass is 10.2. The standard InChI is InChI=1S/C17H13N5O3/c1-11-16(21-15(8-19)14(7-18)20-11)9-22(10-23)13-5-3-12(4-6-13)17(24)25-2/h3-6,10H,9H2,1-2H3. The zero-order valence-corrected chi connectivity index (χ0v) is 13.6. The van der Waals surface area contributed by atoms with Crippen molar-refractivity contribution >= 4 is 18.1 Å². The van der Waals surface area contributed by atoms with Crippen LogP contribution >= 0.6 is 0 Å². The Labute approximate surface area is 143 Å². The first kappa shape index (κ1) is 17.6. The van der Waals surface area contributed by atoms with Crippen LogP contribution in [0.5, 0.6) is 0 Å². The van der Waals surface area contributed by atoms with E-state index in [2.05, 4.69) is 14.7 Å². The maximum absolute atomic E-state index is 11.5. The zero-order chi connectivity index (χ0) is 18.4. The molecule has 1 aromatic carbocycles. The molecule has 2 rings (SSSR count). The van der Waals surface area contributed by atoms with E-state index in [9.17, 15) is 9.59 Å². The Morgan fingerprint density at radius 1 is 1.20 bits per heavy atom. The molecule has 8 heteroatoms. The van der Waals surface area contributed by atoms with Crippen LogP contribution in [0.25, 0.3) is 0 Å². The fourth-order valence-corrected chi connectivity index (χ4v) is 2.12. The van der Waals surface area contributed by atoms with Crippen molar-refractivity contribution in [3.63, 3.8) is 0 Å². The number of amides is 1. The molecule has 0 radical (unpaired) electrons.